The number of nitrogens with one attached hydrogen (secondary N) is 1. The number of carbonyl (C=O) groups excluding carboxylic acids is 1. The number of ether oxygens (including phenoxy) is 1. The largest absolute Gasteiger partial charge is 0.493 e. The topological polar surface area (TPSA) is 71.5 Å². The Labute approximate surface area is 153 Å². The minimum Gasteiger partial charge on any atom is -0.493 e. The fraction of sp³-hybridized carbons (Fsp3) is 0.429. The van der Waals surface area contributed by atoms with Crippen LogP contribution in [0.15, 0.2) is 36.7 Å². The van der Waals surface area contributed by atoms with E-state index in [4.69, 9.17) is 4.74 Å². The second-order valence-corrected chi connectivity index (χ2v) is 7.60. The van der Waals surface area contributed by atoms with Gasteiger partial charge in [-0.2, -0.15) is 0 Å². The molecule has 1 aromatic heterocycles. The van der Waals surface area contributed by atoms with Crippen molar-refractivity contribution in [1.29, 1.82) is 0 Å². The number of benzene rings is 1. The monoisotopic (exact) mass is 352 g/mol. The number of rotatable bonds is 4. The van der Waals surface area contributed by atoms with Crippen molar-refractivity contribution in [2.24, 2.45) is 5.92 Å². The fourth-order valence-corrected chi connectivity index (χ4v) is 4.02. The Bertz CT molecular complexity index is 849. The molecule has 2 aliphatic rings. The molecule has 5 nitrogen and oxygen atoms in total. The Hall–Kier alpha value is -2.40. The molecule has 4 rings (SSSR count). The quantitative estimate of drug-likeness (QED) is 0.885. The Morgan fingerprint density at radius 2 is 2.27 bits per heavy atom. The molecule has 136 valence electrons. The number of hydrogen-bond acceptors (Lipinski definition) is 4. The Morgan fingerprint density at radius 1 is 1.42 bits per heavy atom. The van der Waals surface area contributed by atoms with Gasteiger partial charge >= 0.3 is 0 Å². The number of nitrogens with zero attached hydrogens (tertiary/aromatic N) is 1. The third kappa shape index (κ3) is 2.76. The van der Waals surface area contributed by atoms with Gasteiger partial charge in [-0.3, -0.25) is 9.78 Å². The van der Waals surface area contributed by atoms with Crippen LogP contribution in [-0.4, -0.2) is 22.6 Å². The summed E-state index contributed by atoms with van der Waals surface area (Å²) in [6.07, 6.45) is 4.90. The zero-order valence-electron chi connectivity index (χ0n) is 15.2. The number of hydrogen-bond donors (Lipinski definition) is 2. The standard InChI is InChI=1S/C21H24N2O3/c1-13(2)14-3-4-19-16(9-14)21(6-8-26-19)10-17(21)20(25)23-18-11-22-7-5-15(18)12-24/h3-5,7,9,11,13,17,24H,6,8,10,12H2,1-2H3,(H,23,25)/t17-,21-/m0/s1. The van der Waals surface area contributed by atoms with Crippen molar-refractivity contribution >= 4 is 11.6 Å². The molecule has 0 unspecified atom stereocenters. The number of pyridine rings is 1. The predicted octanol–water partition coefficient (Wildman–Crippen LogP) is 3.38. The molecule has 2 N–H and O–H groups in total. The lowest BCUT2D eigenvalue weighted by molar-refractivity contribution is -0.117. The van der Waals surface area contributed by atoms with Crippen LogP contribution in [0.4, 0.5) is 5.69 Å². The van der Waals surface area contributed by atoms with E-state index >= 15 is 0 Å². The maximum Gasteiger partial charge on any atom is 0.228 e. The summed E-state index contributed by atoms with van der Waals surface area (Å²) in [4.78, 5) is 16.9. The SMILES string of the molecule is CC(C)c1ccc2c(c1)[C@]1(CCO2)C[C@H]1C(=O)Nc1cnccc1CO. The summed E-state index contributed by atoms with van der Waals surface area (Å²) in [5, 5.41) is 12.4. The van der Waals surface area contributed by atoms with Gasteiger partial charge < -0.3 is 15.2 Å². The van der Waals surface area contributed by atoms with Crippen molar-refractivity contribution < 1.29 is 14.6 Å². The third-order valence-corrected chi connectivity index (χ3v) is 5.74. The van der Waals surface area contributed by atoms with Gasteiger partial charge in [0.2, 0.25) is 5.91 Å². The number of aromatic nitrogens is 1. The molecule has 1 fully saturated rings. The Kier molecular flexibility index (Phi) is 4.19. The molecule has 0 saturated heterocycles. The molecule has 1 aliphatic heterocycles. The van der Waals surface area contributed by atoms with E-state index in [2.05, 4.69) is 36.3 Å². The normalized spacial score (nSPS) is 23.5. The predicted molar refractivity (Wildman–Crippen MR) is 99.2 cm³/mol. The van der Waals surface area contributed by atoms with Crippen molar-refractivity contribution in [2.45, 2.75) is 44.6 Å². The van der Waals surface area contributed by atoms with E-state index in [1.54, 1.807) is 18.5 Å². The van der Waals surface area contributed by atoms with Gasteiger partial charge in [0.25, 0.3) is 0 Å². The summed E-state index contributed by atoms with van der Waals surface area (Å²) in [7, 11) is 0. The van der Waals surface area contributed by atoms with Gasteiger partial charge in [-0.1, -0.05) is 26.0 Å². The van der Waals surface area contributed by atoms with Crippen molar-refractivity contribution in [2.75, 3.05) is 11.9 Å². The number of fused-ring (bicyclic) bond motifs is 2. The first-order chi connectivity index (χ1) is 12.5. The molecule has 0 bridgehead atoms. The summed E-state index contributed by atoms with van der Waals surface area (Å²) in [5.74, 6) is 1.27. The number of amides is 1. The van der Waals surface area contributed by atoms with Gasteiger partial charge in [-0.05, 0) is 36.5 Å². The molecule has 5 heteroatoms. The van der Waals surface area contributed by atoms with E-state index in [1.807, 2.05) is 6.07 Å². The summed E-state index contributed by atoms with van der Waals surface area (Å²) < 4.78 is 5.84. The smallest absolute Gasteiger partial charge is 0.228 e. The van der Waals surface area contributed by atoms with Gasteiger partial charge in [0, 0.05) is 28.7 Å². The minimum absolute atomic E-state index is 0.00417. The molecule has 2 aromatic rings. The van der Waals surface area contributed by atoms with E-state index in [-0.39, 0.29) is 23.8 Å². The van der Waals surface area contributed by atoms with Gasteiger partial charge in [-0.15, -0.1) is 0 Å². The first-order valence-corrected chi connectivity index (χ1v) is 9.17. The summed E-state index contributed by atoms with van der Waals surface area (Å²) >= 11 is 0. The van der Waals surface area contributed by atoms with Crippen LogP contribution in [0, 0.1) is 5.92 Å². The second kappa shape index (κ2) is 6.40. The molecule has 2 heterocycles. The number of anilines is 1. The second-order valence-electron chi connectivity index (χ2n) is 7.60. The molecular weight excluding hydrogens is 328 g/mol. The molecular formula is C21H24N2O3. The van der Waals surface area contributed by atoms with Crippen LogP contribution < -0.4 is 10.1 Å². The molecule has 2 atom stereocenters. The highest BCUT2D eigenvalue weighted by Gasteiger charge is 2.61. The van der Waals surface area contributed by atoms with Crippen molar-refractivity contribution in [3.05, 3.63) is 53.3 Å². The minimum atomic E-state index is -0.123. The van der Waals surface area contributed by atoms with Gasteiger partial charge in [0.1, 0.15) is 5.75 Å². The molecule has 1 aromatic carbocycles. The lowest BCUT2D eigenvalue weighted by Crippen LogP contribution is -2.27. The van der Waals surface area contributed by atoms with E-state index < -0.39 is 0 Å². The third-order valence-electron chi connectivity index (χ3n) is 5.74. The highest BCUT2D eigenvalue weighted by Crippen LogP contribution is 2.61. The van der Waals surface area contributed by atoms with Crippen LogP contribution in [0.1, 0.15) is 49.3 Å². The molecule has 1 amide bonds. The van der Waals surface area contributed by atoms with Crippen molar-refractivity contribution in [3.63, 3.8) is 0 Å². The van der Waals surface area contributed by atoms with Crippen LogP contribution in [0.5, 0.6) is 5.75 Å². The summed E-state index contributed by atoms with van der Waals surface area (Å²) in [6.45, 7) is 4.87. The van der Waals surface area contributed by atoms with E-state index in [9.17, 15) is 9.90 Å². The Balaban J connectivity index is 1.60. The van der Waals surface area contributed by atoms with Gasteiger partial charge in [-0.25, -0.2) is 0 Å². The van der Waals surface area contributed by atoms with Crippen LogP contribution in [0.2, 0.25) is 0 Å². The first-order valence-electron chi connectivity index (χ1n) is 9.17. The van der Waals surface area contributed by atoms with Crippen molar-refractivity contribution in [3.8, 4) is 5.75 Å². The number of aliphatic hydroxyl groups is 1. The molecule has 26 heavy (non-hydrogen) atoms. The van der Waals surface area contributed by atoms with E-state index in [0.717, 1.165) is 18.6 Å². The van der Waals surface area contributed by atoms with Crippen LogP contribution in [-0.2, 0) is 16.8 Å². The van der Waals surface area contributed by atoms with E-state index in [0.29, 0.717) is 23.8 Å². The lowest BCUT2D eigenvalue weighted by Gasteiger charge is -2.28. The fourth-order valence-electron chi connectivity index (χ4n) is 4.02. The lowest BCUT2D eigenvalue weighted by atomic mass is 9.85. The summed E-state index contributed by atoms with van der Waals surface area (Å²) in [6, 6.07) is 8.10. The maximum absolute atomic E-state index is 12.9. The molecule has 0 radical (unpaired) electrons. The van der Waals surface area contributed by atoms with Gasteiger partial charge in [0.05, 0.1) is 25.1 Å². The zero-order valence-corrected chi connectivity index (χ0v) is 15.2. The van der Waals surface area contributed by atoms with Crippen LogP contribution >= 0.6 is 0 Å². The molecule has 1 saturated carbocycles. The van der Waals surface area contributed by atoms with Crippen LogP contribution in [0.3, 0.4) is 0 Å². The zero-order chi connectivity index (χ0) is 18.3. The highest BCUT2D eigenvalue weighted by molar-refractivity contribution is 5.96. The average molecular weight is 352 g/mol. The highest BCUT2D eigenvalue weighted by atomic mass is 16.5. The average Bonchev–Trinajstić information content (AvgIpc) is 3.37. The number of carbonyl (C=O) groups is 1. The first kappa shape index (κ1) is 17.0. The van der Waals surface area contributed by atoms with E-state index in [1.165, 1.54) is 11.1 Å². The number of aliphatic hydroxyl groups excluding tert-OH is 1. The van der Waals surface area contributed by atoms with Crippen LogP contribution in [0.25, 0.3) is 0 Å². The maximum atomic E-state index is 12.9. The summed E-state index contributed by atoms with van der Waals surface area (Å²) in [5.41, 5.74) is 3.59. The van der Waals surface area contributed by atoms with Crippen molar-refractivity contribution in [1.82, 2.24) is 4.98 Å². The Morgan fingerprint density at radius 3 is 3.04 bits per heavy atom. The molecule has 1 aliphatic carbocycles. The van der Waals surface area contributed by atoms with Gasteiger partial charge in [0.15, 0.2) is 0 Å². The molecule has 1 spiro atoms.